The Kier molecular flexibility index (Phi) is 3.71. The maximum atomic E-state index is 11.6. The van der Waals surface area contributed by atoms with Crippen molar-refractivity contribution in [3.8, 4) is 0 Å². The maximum absolute atomic E-state index is 11.6. The molecule has 0 spiro atoms. The van der Waals surface area contributed by atoms with Gasteiger partial charge in [0.1, 0.15) is 11.9 Å². The largest absolute Gasteiger partial charge is 0.397 e. The van der Waals surface area contributed by atoms with Crippen molar-refractivity contribution in [2.24, 2.45) is 0 Å². The maximum Gasteiger partial charge on any atom is 0.244 e. The number of likely N-dealkylation sites (N-methyl/N-ethyl adjacent to an activating group) is 1. The van der Waals surface area contributed by atoms with Crippen molar-refractivity contribution in [3.63, 3.8) is 0 Å². The van der Waals surface area contributed by atoms with E-state index in [-0.39, 0.29) is 11.9 Å². The van der Waals surface area contributed by atoms with E-state index >= 15 is 0 Å². The third-order valence-corrected chi connectivity index (χ3v) is 2.30. The predicted molar refractivity (Wildman–Crippen MR) is 65.2 cm³/mol. The van der Waals surface area contributed by atoms with Crippen LogP contribution in [0.2, 0.25) is 0 Å². The number of nitrogen functional groups attached to an aromatic ring is 1. The van der Waals surface area contributed by atoms with Gasteiger partial charge in [-0.15, -0.1) is 0 Å². The number of carbonyl (C=O) groups is 1. The molecule has 16 heavy (non-hydrogen) atoms. The number of hydrogen-bond donors (Lipinski definition) is 2. The van der Waals surface area contributed by atoms with E-state index < -0.39 is 0 Å². The Labute approximate surface area is 95.7 Å². The van der Waals surface area contributed by atoms with Gasteiger partial charge in [0.15, 0.2) is 0 Å². The number of aryl methyl sites for hydroxylation is 1. The zero-order chi connectivity index (χ0) is 12.3. The highest BCUT2D eigenvalue weighted by molar-refractivity contribution is 5.83. The SMILES string of the molecule is Cc1nc(NC(C)C(=O)N(C)C)ccc1N. The summed E-state index contributed by atoms with van der Waals surface area (Å²) in [7, 11) is 3.45. The van der Waals surface area contributed by atoms with Crippen LogP contribution in [-0.2, 0) is 4.79 Å². The van der Waals surface area contributed by atoms with Gasteiger partial charge in [-0.05, 0) is 26.0 Å². The molecule has 1 heterocycles. The fraction of sp³-hybridized carbons (Fsp3) is 0.455. The quantitative estimate of drug-likeness (QED) is 0.795. The molecule has 1 aromatic rings. The summed E-state index contributed by atoms with van der Waals surface area (Å²) in [5.74, 6) is 0.672. The molecule has 0 fully saturated rings. The average molecular weight is 222 g/mol. The van der Waals surface area contributed by atoms with Crippen molar-refractivity contribution in [1.29, 1.82) is 0 Å². The summed E-state index contributed by atoms with van der Waals surface area (Å²) in [5.41, 5.74) is 7.07. The minimum Gasteiger partial charge on any atom is -0.397 e. The van der Waals surface area contributed by atoms with Gasteiger partial charge in [-0.25, -0.2) is 4.98 Å². The molecule has 0 saturated heterocycles. The molecule has 0 aliphatic rings. The molecule has 3 N–H and O–H groups in total. The van der Waals surface area contributed by atoms with Crippen LogP contribution >= 0.6 is 0 Å². The highest BCUT2D eigenvalue weighted by Crippen LogP contribution is 2.12. The summed E-state index contributed by atoms with van der Waals surface area (Å²) >= 11 is 0. The van der Waals surface area contributed by atoms with Crippen LogP contribution in [0.3, 0.4) is 0 Å². The normalized spacial score (nSPS) is 12.0. The summed E-state index contributed by atoms with van der Waals surface area (Å²) in [4.78, 5) is 17.4. The number of aromatic nitrogens is 1. The van der Waals surface area contributed by atoms with E-state index in [1.54, 1.807) is 38.1 Å². The minimum absolute atomic E-state index is 0.0104. The number of anilines is 2. The lowest BCUT2D eigenvalue weighted by Gasteiger charge is -2.18. The lowest BCUT2D eigenvalue weighted by molar-refractivity contribution is -0.129. The second kappa shape index (κ2) is 4.83. The highest BCUT2D eigenvalue weighted by atomic mass is 16.2. The first-order chi connectivity index (χ1) is 7.41. The van der Waals surface area contributed by atoms with Crippen LogP contribution in [0.1, 0.15) is 12.6 Å². The number of nitrogens with zero attached hydrogens (tertiary/aromatic N) is 2. The van der Waals surface area contributed by atoms with Gasteiger partial charge in [-0.2, -0.15) is 0 Å². The second-order valence-electron chi connectivity index (χ2n) is 3.97. The molecule has 1 rings (SSSR count). The third kappa shape index (κ3) is 2.85. The molecule has 0 aliphatic carbocycles. The molecule has 1 aromatic heterocycles. The summed E-state index contributed by atoms with van der Waals surface area (Å²) in [6.07, 6.45) is 0. The second-order valence-corrected chi connectivity index (χ2v) is 3.97. The Balaban J connectivity index is 2.73. The van der Waals surface area contributed by atoms with E-state index in [9.17, 15) is 4.79 Å². The highest BCUT2D eigenvalue weighted by Gasteiger charge is 2.14. The van der Waals surface area contributed by atoms with Gasteiger partial charge in [0.2, 0.25) is 5.91 Å². The summed E-state index contributed by atoms with van der Waals surface area (Å²) in [6, 6.07) is 3.24. The predicted octanol–water partition coefficient (Wildman–Crippen LogP) is 0.861. The van der Waals surface area contributed by atoms with Crippen molar-refractivity contribution in [2.45, 2.75) is 19.9 Å². The van der Waals surface area contributed by atoms with Gasteiger partial charge in [0.25, 0.3) is 0 Å². The zero-order valence-corrected chi connectivity index (χ0v) is 10.1. The summed E-state index contributed by atoms with van der Waals surface area (Å²) < 4.78 is 0. The smallest absolute Gasteiger partial charge is 0.244 e. The van der Waals surface area contributed by atoms with Gasteiger partial charge in [-0.3, -0.25) is 4.79 Å². The lowest BCUT2D eigenvalue weighted by atomic mass is 10.2. The fourth-order valence-corrected chi connectivity index (χ4v) is 1.32. The van der Waals surface area contributed by atoms with Crippen LogP contribution in [0.25, 0.3) is 0 Å². The van der Waals surface area contributed by atoms with Crippen molar-refractivity contribution < 1.29 is 4.79 Å². The van der Waals surface area contributed by atoms with E-state index in [2.05, 4.69) is 10.3 Å². The fourth-order valence-electron chi connectivity index (χ4n) is 1.32. The van der Waals surface area contributed by atoms with E-state index in [1.807, 2.05) is 6.92 Å². The molecule has 0 aromatic carbocycles. The topological polar surface area (TPSA) is 71.2 Å². The molecule has 0 aliphatic heterocycles. The Morgan fingerprint density at radius 1 is 1.50 bits per heavy atom. The van der Waals surface area contributed by atoms with E-state index in [4.69, 9.17) is 5.73 Å². The minimum atomic E-state index is -0.300. The number of nitrogens with two attached hydrogens (primary N) is 1. The standard InChI is InChI=1S/C11H18N4O/c1-7-9(12)5-6-10(13-7)14-8(2)11(16)15(3)4/h5-6,8H,12H2,1-4H3,(H,13,14). The van der Waals surface area contributed by atoms with E-state index in [0.29, 0.717) is 11.5 Å². The van der Waals surface area contributed by atoms with Gasteiger partial charge < -0.3 is 16.0 Å². The molecule has 5 nitrogen and oxygen atoms in total. The Hall–Kier alpha value is -1.78. The molecule has 1 amide bonds. The molecule has 1 atom stereocenters. The Morgan fingerprint density at radius 3 is 2.62 bits per heavy atom. The summed E-state index contributed by atoms with van der Waals surface area (Å²) in [6.45, 7) is 3.63. The molecule has 0 saturated carbocycles. The molecular formula is C11H18N4O. The average Bonchev–Trinajstić information content (AvgIpc) is 2.22. The monoisotopic (exact) mass is 222 g/mol. The number of hydrogen-bond acceptors (Lipinski definition) is 4. The van der Waals surface area contributed by atoms with Crippen LogP contribution < -0.4 is 11.1 Å². The number of carbonyl (C=O) groups excluding carboxylic acids is 1. The first-order valence-electron chi connectivity index (χ1n) is 5.12. The Morgan fingerprint density at radius 2 is 2.12 bits per heavy atom. The van der Waals surface area contributed by atoms with Crippen LogP contribution in [-0.4, -0.2) is 35.9 Å². The molecule has 0 bridgehead atoms. The van der Waals surface area contributed by atoms with Crippen LogP contribution in [0, 0.1) is 6.92 Å². The Bertz CT molecular complexity index is 390. The molecule has 5 heteroatoms. The molecular weight excluding hydrogens is 204 g/mol. The molecule has 1 unspecified atom stereocenters. The lowest BCUT2D eigenvalue weighted by Crippen LogP contribution is -2.36. The van der Waals surface area contributed by atoms with Crippen molar-refractivity contribution in [2.75, 3.05) is 25.1 Å². The molecule has 88 valence electrons. The number of amides is 1. The van der Waals surface area contributed by atoms with Gasteiger partial charge in [-0.1, -0.05) is 0 Å². The van der Waals surface area contributed by atoms with E-state index in [1.165, 1.54) is 0 Å². The summed E-state index contributed by atoms with van der Waals surface area (Å²) in [5, 5.41) is 3.03. The van der Waals surface area contributed by atoms with Crippen molar-refractivity contribution in [1.82, 2.24) is 9.88 Å². The number of nitrogens with one attached hydrogen (secondary N) is 1. The van der Waals surface area contributed by atoms with Crippen LogP contribution in [0.5, 0.6) is 0 Å². The van der Waals surface area contributed by atoms with Gasteiger partial charge in [0.05, 0.1) is 11.4 Å². The zero-order valence-electron chi connectivity index (χ0n) is 10.1. The van der Waals surface area contributed by atoms with Crippen molar-refractivity contribution in [3.05, 3.63) is 17.8 Å². The van der Waals surface area contributed by atoms with Crippen LogP contribution in [0.4, 0.5) is 11.5 Å². The third-order valence-electron chi connectivity index (χ3n) is 2.30. The van der Waals surface area contributed by atoms with Crippen molar-refractivity contribution >= 4 is 17.4 Å². The number of pyridine rings is 1. The number of rotatable bonds is 3. The van der Waals surface area contributed by atoms with Gasteiger partial charge >= 0.3 is 0 Å². The van der Waals surface area contributed by atoms with Crippen LogP contribution in [0.15, 0.2) is 12.1 Å². The first kappa shape index (κ1) is 12.3. The van der Waals surface area contributed by atoms with E-state index in [0.717, 1.165) is 5.69 Å². The van der Waals surface area contributed by atoms with Gasteiger partial charge in [0, 0.05) is 14.1 Å². The first-order valence-corrected chi connectivity index (χ1v) is 5.12. The molecule has 0 radical (unpaired) electrons.